The highest BCUT2D eigenvalue weighted by Crippen LogP contribution is 2.18. The molecule has 0 aliphatic carbocycles. The van der Waals surface area contributed by atoms with Crippen molar-refractivity contribution >= 4 is 29.0 Å². The molecular weight excluding hydrogens is 332 g/mol. The quantitative estimate of drug-likeness (QED) is 0.587. The van der Waals surface area contributed by atoms with Crippen molar-refractivity contribution in [2.75, 3.05) is 6.54 Å². The van der Waals surface area contributed by atoms with Crippen molar-refractivity contribution < 1.29 is 4.79 Å². The number of thioether (sulfide) groups is 1. The van der Waals surface area contributed by atoms with Crippen LogP contribution in [0.25, 0.3) is 0 Å². The fourth-order valence-corrected chi connectivity index (χ4v) is 3.65. The topological polar surface area (TPSA) is 87.7 Å². The van der Waals surface area contributed by atoms with Gasteiger partial charge >= 0.3 is 0 Å². The van der Waals surface area contributed by atoms with Gasteiger partial charge < -0.3 is 10.3 Å². The van der Waals surface area contributed by atoms with E-state index in [1.807, 2.05) is 0 Å². The Balaban J connectivity index is 1.81. The molecule has 0 saturated heterocycles. The molecule has 0 saturated carbocycles. The van der Waals surface area contributed by atoms with Gasteiger partial charge in [-0.15, -0.1) is 11.3 Å². The minimum Gasteiger partial charge on any atom is -0.355 e. The van der Waals surface area contributed by atoms with Crippen LogP contribution in [0.5, 0.6) is 0 Å². The number of rotatable bonds is 7. The maximum absolute atomic E-state index is 12.1. The molecule has 124 valence electrons. The molecule has 2 heterocycles. The maximum Gasteiger partial charge on any atom is 0.251 e. The van der Waals surface area contributed by atoms with Crippen LogP contribution in [-0.2, 0) is 17.6 Å². The summed E-state index contributed by atoms with van der Waals surface area (Å²) in [5, 5.41) is 6.11. The smallest absolute Gasteiger partial charge is 0.251 e. The van der Waals surface area contributed by atoms with Crippen molar-refractivity contribution in [1.29, 1.82) is 0 Å². The maximum atomic E-state index is 12.1. The number of amides is 1. The van der Waals surface area contributed by atoms with Crippen LogP contribution in [-0.4, -0.2) is 32.7 Å². The zero-order valence-corrected chi connectivity index (χ0v) is 15.0. The predicted octanol–water partition coefficient (Wildman–Crippen LogP) is 1.94. The largest absolute Gasteiger partial charge is 0.355 e. The Morgan fingerprint density at radius 1 is 1.48 bits per heavy atom. The fourth-order valence-electron chi connectivity index (χ4n) is 1.89. The van der Waals surface area contributed by atoms with Gasteiger partial charge in [-0.1, -0.05) is 18.7 Å². The molecule has 2 rings (SSSR count). The van der Waals surface area contributed by atoms with Crippen LogP contribution >= 0.6 is 23.1 Å². The Bertz CT molecular complexity index is 726. The summed E-state index contributed by atoms with van der Waals surface area (Å²) >= 11 is 2.86. The van der Waals surface area contributed by atoms with Crippen molar-refractivity contribution in [1.82, 2.24) is 20.3 Å². The highest BCUT2D eigenvalue weighted by Gasteiger charge is 2.15. The Labute approximate surface area is 143 Å². The third-order valence-electron chi connectivity index (χ3n) is 3.11. The van der Waals surface area contributed by atoms with E-state index in [2.05, 4.69) is 32.6 Å². The van der Waals surface area contributed by atoms with Crippen LogP contribution in [0.4, 0.5) is 0 Å². The van der Waals surface area contributed by atoms with Crippen LogP contribution < -0.4 is 10.9 Å². The van der Waals surface area contributed by atoms with E-state index in [1.54, 1.807) is 25.2 Å². The Morgan fingerprint density at radius 3 is 2.91 bits per heavy atom. The molecule has 1 amide bonds. The summed E-state index contributed by atoms with van der Waals surface area (Å²) in [6.45, 7) is 6.17. The van der Waals surface area contributed by atoms with Crippen molar-refractivity contribution in [2.24, 2.45) is 0 Å². The monoisotopic (exact) mass is 352 g/mol. The molecule has 0 radical (unpaired) electrons. The highest BCUT2D eigenvalue weighted by atomic mass is 32.2. The zero-order chi connectivity index (χ0) is 16.8. The summed E-state index contributed by atoms with van der Waals surface area (Å²) < 4.78 is 0. The average molecular weight is 352 g/mol. The van der Waals surface area contributed by atoms with E-state index in [0.717, 1.165) is 23.5 Å². The molecule has 0 aliphatic heterocycles. The molecule has 2 aromatic heterocycles. The van der Waals surface area contributed by atoms with Crippen LogP contribution in [0.3, 0.4) is 0 Å². The first-order valence-corrected chi connectivity index (χ1v) is 9.19. The Hall–Kier alpha value is -1.67. The minimum absolute atomic E-state index is 0.0774. The Morgan fingerprint density at radius 2 is 2.26 bits per heavy atom. The lowest BCUT2D eigenvalue weighted by Crippen LogP contribution is -2.32. The van der Waals surface area contributed by atoms with Crippen molar-refractivity contribution in [3.05, 3.63) is 38.2 Å². The summed E-state index contributed by atoms with van der Waals surface area (Å²) in [4.78, 5) is 34.8. The number of carbonyl (C=O) groups excluding carboxylic acids is 1. The number of hydrogen-bond donors (Lipinski definition) is 2. The molecule has 8 heteroatoms. The number of aromatic amines is 1. The van der Waals surface area contributed by atoms with Gasteiger partial charge in [-0.2, -0.15) is 0 Å². The molecule has 2 aromatic rings. The predicted molar refractivity (Wildman–Crippen MR) is 93.1 cm³/mol. The number of thiazole rings is 1. The molecule has 0 aliphatic rings. The second-order valence-electron chi connectivity index (χ2n) is 5.08. The number of nitrogens with zero attached hydrogens (tertiary/aromatic N) is 2. The molecule has 0 aromatic carbocycles. The molecule has 0 fully saturated rings. The van der Waals surface area contributed by atoms with E-state index < -0.39 is 0 Å². The van der Waals surface area contributed by atoms with Crippen LogP contribution in [0, 0.1) is 6.92 Å². The van der Waals surface area contributed by atoms with Crippen LogP contribution in [0.2, 0.25) is 0 Å². The lowest BCUT2D eigenvalue weighted by atomic mass is 10.3. The lowest BCUT2D eigenvalue weighted by molar-refractivity contribution is -0.120. The van der Waals surface area contributed by atoms with Gasteiger partial charge in [-0.05, 0) is 20.3 Å². The fraction of sp³-hybridized carbons (Fsp3) is 0.467. The van der Waals surface area contributed by atoms with Crippen LogP contribution in [0.15, 0.2) is 21.4 Å². The second kappa shape index (κ2) is 8.26. The van der Waals surface area contributed by atoms with Gasteiger partial charge in [0.1, 0.15) is 0 Å². The molecule has 6 nitrogen and oxygen atoms in total. The molecular formula is C15H20N4O2S2. The van der Waals surface area contributed by atoms with Crippen molar-refractivity contribution in [2.45, 2.75) is 44.0 Å². The number of aromatic nitrogens is 3. The molecule has 1 unspecified atom stereocenters. The van der Waals surface area contributed by atoms with Crippen molar-refractivity contribution in [3.63, 3.8) is 0 Å². The number of H-pyrrole nitrogens is 1. The van der Waals surface area contributed by atoms with E-state index in [0.29, 0.717) is 17.4 Å². The number of hydrogen-bond acceptors (Lipinski definition) is 6. The third-order valence-corrected chi connectivity index (χ3v) is 5.05. The van der Waals surface area contributed by atoms with Crippen molar-refractivity contribution in [3.8, 4) is 0 Å². The lowest BCUT2D eigenvalue weighted by Gasteiger charge is -2.11. The van der Waals surface area contributed by atoms with Gasteiger partial charge in [-0.25, -0.2) is 9.97 Å². The second-order valence-corrected chi connectivity index (χ2v) is 7.35. The van der Waals surface area contributed by atoms with Gasteiger partial charge in [0.2, 0.25) is 5.91 Å². The number of carbonyl (C=O) groups is 1. The first kappa shape index (κ1) is 17.7. The summed E-state index contributed by atoms with van der Waals surface area (Å²) in [5.74, 6) is -0.0774. The van der Waals surface area contributed by atoms with E-state index in [4.69, 9.17) is 0 Å². The first-order chi connectivity index (χ1) is 11.0. The minimum atomic E-state index is -0.331. The van der Waals surface area contributed by atoms with Gasteiger partial charge in [0.15, 0.2) is 5.16 Å². The van der Waals surface area contributed by atoms with Gasteiger partial charge in [0.25, 0.3) is 5.56 Å². The summed E-state index contributed by atoms with van der Waals surface area (Å²) in [6, 6.07) is 1.42. The van der Waals surface area contributed by atoms with Gasteiger partial charge in [-0.3, -0.25) is 9.59 Å². The first-order valence-electron chi connectivity index (χ1n) is 7.43. The summed E-state index contributed by atoms with van der Waals surface area (Å²) in [6.07, 6.45) is 1.66. The molecule has 2 N–H and O–H groups in total. The standard InChI is InChI=1S/C15H20N4O2S2/c1-4-11-8-22-13(18-11)5-6-16-14(21)10(3)23-15-17-9(2)7-12(20)19-15/h7-8,10H,4-6H2,1-3H3,(H,16,21)(H,17,19,20). The normalized spacial score (nSPS) is 12.1. The van der Waals surface area contributed by atoms with E-state index >= 15 is 0 Å². The molecule has 1 atom stereocenters. The van der Waals surface area contributed by atoms with Crippen LogP contribution in [0.1, 0.15) is 30.2 Å². The summed E-state index contributed by atoms with van der Waals surface area (Å²) in [7, 11) is 0. The van der Waals surface area contributed by atoms with Gasteiger partial charge in [0, 0.05) is 30.1 Å². The Kier molecular flexibility index (Phi) is 6.35. The van der Waals surface area contributed by atoms with E-state index in [1.165, 1.54) is 17.8 Å². The SMILES string of the molecule is CCc1csc(CCNC(=O)C(C)Sc2nc(C)cc(=O)[nH]2)n1. The number of nitrogens with one attached hydrogen (secondary N) is 2. The van der Waals surface area contributed by atoms with E-state index in [-0.39, 0.29) is 16.7 Å². The molecule has 23 heavy (non-hydrogen) atoms. The average Bonchev–Trinajstić information content (AvgIpc) is 2.94. The van der Waals surface area contributed by atoms with Gasteiger partial charge in [0.05, 0.1) is 16.0 Å². The number of aryl methyl sites for hydroxylation is 2. The molecule has 0 bridgehead atoms. The highest BCUT2D eigenvalue weighted by molar-refractivity contribution is 8.00. The summed E-state index contributed by atoms with van der Waals surface area (Å²) in [5.41, 5.74) is 1.53. The van der Waals surface area contributed by atoms with E-state index in [9.17, 15) is 9.59 Å². The molecule has 0 spiro atoms. The zero-order valence-electron chi connectivity index (χ0n) is 13.4. The third kappa shape index (κ3) is 5.47.